The van der Waals surface area contributed by atoms with Crippen molar-refractivity contribution in [2.24, 2.45) is 0 Å². The van der Waals surface area contributed by atoms with Crippen molar-refractivity contribution >= 4 is 56.2 Å². The number of ketones is 1. The van der Waals surface area contributed by atoms with Crippen LogP contribution in [0, 0.1) is 5.82 Å². The Balaban J connectivity index is 1.90. The van der Waals surface area contributed by atoms with Gasteiger partial charge in [-0.1, -0.05) is 36.7 Å². The number of anilines is 5. The number of sulfonamides is 1. The van der Waals surface area contributed by atoms with Crippen LogP contribution in [0.25, 0.3) is 0 Å². The molecule has 0 radical (unpaired) electrons. The lowest BCUT2D eigenvalue weighted by Crippen LogP contribution is -2.11. The molecule has 0 aliphatic heterocycles. The van der Waals surface area contributed by atoms with Gasteiger partial charge in [-0.25, -0.2) is 17.8 Å². The third kappa shape index (κ3) is 5.68. The van der Waals surface area contributed by atoms with Gasteiger partial charge in [-0.3, -0.25) is 9.52 Å². The molecule has 0 fully saturated rings. The van der Waals surface area contributed by atoms with Crippen molar-refractivity contribution in [1.82, 2.24) is 9.97 Å². The maximum absolute atomic E-state index is 14.7. The van der Waals surface area contributed by atoms with Gasteiger partial charge in [-0.15, -0.1) is 0 Å². The fourth-order valence-corrected chi connectivity index (χ4v) is 3.39. The normalized spacial score (nSPS) is 11.1. The van der Waals surface area contributed by atoms with Crippen molar-refractivity contribution in [1.29, 1.82) is 0 Å². The summed E-state index contributed by atoms with van der Waals surface area (Å²) in [6.45, 7) is 1.65. The summed E-state index contributed by atoms with van der Waals surface area (Å²) in [6.07, 6.45) is 2.52. The number of benzene rings is 2. The SMILES string of the molecule is CCC(=O)c1cccc(Nc2ncc(Cl)c(Nc3ccccc3NS(C)(=O)=O)n2)c1F. The molecule has 162 valence electrons. The molecule has 0 spiro atoms. The molecule has 0 saturated heterocycles. The number of aromatic nitrogens is 2. The molecule has 3 aromatic rings. The van der Waals surface area contributed by atoms with Gasteiger partial charge in [0.2, 0.25) is 16.0 Å². The van der Waals surface area contributed by atoms with Crippen molar-refractivity contribution in [3.63, 3.8) is 0 Å². The number of rotatable bonds is 8. The van der Waals surface area contributed by atoms with E-state index in [-0.39, 0.29) is 40.2 Å². The zero-order chi connectivity index (χ0) is 22.6. The Bertz CT molecular complexity index is 1240. The minimum Gasteiger partial charge on any atom is -0.337 e. The Kier molecular flexibility index (Phi) is 6.71. The lowest BCUT2D eigenvalue weighted by molar-refractivity contribution is 0.0984. The first-order valence-electron chi connectivity index (χ1n) is 9.13. The van der Waals surface area contributed by atoms with E-state index in [4.69, 9.17) is 11.6 Å². The highest BCUT2D eigenvalue weighted by Crippen LogP contribution is 2.30. The number of hydrogen-bond donors (Lipinski definition) is 3. The Morgan fingerprint density at radius 3 is 2.42 bits per heavy atom. The van der Waals surface area contributed by atoms with Crippen LogP contribution in [0.1, 0.15) is 23.7 Å². The van der Waals surface area contributed by atoms with Gasteiger partial charge in [0, 0.05) is 6.42 Å². The molecule has 11 heteroatoms. The zero-order valence-electron chi connectivity index (χ0n) is 16.6. The molecule has 0 atom stereocenters. The fourth-order valence-electron chi connectivity index (χ4n) is 2.68. The van der Waals surface area contributed by atoms with Crippen LogP contribution < -0.4 is 15.4 Å². The third-order valence-electron chi connectivity index (χ3n) is 4.09. The molecular formula is C20H19ClFN5O3S. The van der Waals surface area contributed by atoms with Gasteiger partial charge in [0.15, 0.2) is 17.4 Å². The Labute approximate surface area is 183 Å². The Hall–Kier alpha value is -3.24. The van der Waals surface area contributed by atoms with Crippen molar-refractivity contribution in [2.45, 2.75) is 13.3 Å². The summed E-state index contributed by atoms with van der Waals surface area (Å²) in [5.41, 5.74) is 0.708. The molecule has 1 heterocycles. The van der Waals surface area contributed by atoms with Gasteiger partial charge >= 0.3 is 0 Å². The van der Waals surface area contributed by atoms with Crippen molar-refractivity contribution in [3.8, 4) is 0 Å². The molecule has 3 rings (SSSR count). The molecule has 2 aromatic carbocycles. The molecule has 8 nitrogen and oxygen atoms in total. The van der Waals surface area contributed by atoms with Crippen LogP contribution in [-0.2, 0) is 10.0 Å². The number of halogens is 2. The average Bonchev–Trinajstić information content (AvgIpc) is 2.72. The van der Waals surface area contributed by atoms with E-state index < -0.39 is 15.8 Å². The molecule has 0 saturated carbocycles. The van der Waals surface area contributed by atoms with Gasteiger partial charge in [-0.2, -0.15) is 4.98 Å². The number of nitrogens with one attached hydrogen (secondary N) is 3. The summed E-state index contributed by atoms with van der Waals surface area (Å²) in [5.74, 6) is -0.829. The van der Waals surface area contributed by atoms with E-state index in [1.807, 2.05) is 0 Å². The predicted molar refractivity (Wildman–Crippen MR) is 120 cm³/mol. The van der Waals surface area contributed by atoms with Gasteiger partial charge in [-0.05, 0) is 24.3 Å². The molecular weight excluding hydrogens is 445 g/mol. The number of hydrogen-bond acceptors (Lipinski definition) is 7. The molecule has 1 aromatic heterocycles. The van der Waals surface area contributed by atoms with Crippen LogP contribution in [-0.4, -0.2) is 30.4 Å². The molecule has 31 heavy (non-hydrogen) atoms. The van der Waals surface area contributed by atoms with Crippen LogP contribution in [0.3, 0.4) is 0 Å². The Morgan fingerprint density at radius 1 is 1.06 bits per heavy atom. The minimum atomic E-state index is -3.51. The van der Waals surface area contributed by atoms with E-state index in [2.05, 4.69) is 25.3 Å². The first-order valence-corrected chi connectivity index (χ1v) is 11.4. The average molecular weight is 464 g/mol. The van der Waals surface area contributed by atoms with E-state index in [9.17, 15) is 17.6 Å². The van der Waals surface area contributed by atoms with Crippen LogP contribution in [0.5, 0.6) is 0 Å². The fraction of sp³-hybridized carbons (Fsp3) is 0.150. The molecule has 0 unspecified atom stereocenters. The number of carbonyl (C=O) groups excluding carboxylic acids is 1. The van der Waals surface area contributed by atoms with Crippen LogP contribution in [0.4, 0.5) is 33.2 Å². The first kappa shape index (κ1) is 22.4. The van der Waals surface area contributed by atoms with Crippen molar-refractivity contribution < 1.29 is 17.6 Å². The van der Waals surface area contributed by atoms with E-state index in [0.717, 1.165) is 6.26 Å². The highest BCUT2D eigenvalue weighted by molar-refractivity contribution is 7.92. The second-order valence-corrected chi connectivity index (χ2v) is 8.66. The maximum atomic E-state index is 14.7. The monoisotopic (exact) mass is 463 g/mol. The second-order valence-electron chi connectivity index (χ2n) is 6.50. The molecule has 0 aliphatic carbocycles. The standard InChI is InChI=1S/C20H19ClFN5O3S/c1-3-17(28)12-7-6-10-16(18(12)22)25-20-23-11-13(21)19(26-20)24-14-8-4-5-9-15(14)27-31(2,29)30/h4-11,27H,3H2,1-2H3,(H2,23,24,25,26). The zero-order valence-corrected chi connectivity index (χ0v) is 18.2. The summed E-state index contributed by atoms with van der Waals surface area (Å²) in [5, 5.41) is 5.85. The minimum absolute atomic E-state index is 0.0272. The summed E-state index contributed by atoms with van der Waals surface area (Å²) in [6, 6.07) is 11.0. The predicted octanol–water partition coefficient (Wildman–Crippen LogP) is 4.72. The second kappa shape index (κ2) is 9.27. The smallest absolute Gasteiger partial charge is 0.229 e. The Morgan fingerprint density at radius 2 is 1.74 bits per heavy atom. The molecule has 0 aliphatic rings. The van der Waals surface area contributed by atoms with Gasteiger partial charge in [0.1, 0.15) is 5.02 Å². The number of Topliss-reactive ketones (excluding diaryl/α,β-unsaturated/α-hetero) is 1. The van der Waals surface area contributed by atoms with Crippen LogP contribution in [0.2, 0.25) is 5.02 Å². The van der Waals surface area contributed by atoms with E-state index >= 15 is 0 Å². The highest BCUT2D eigenvalue weighted by Gasteiger charge is 2.15. The van der Waals surface area contributed by atoms with E-state index in [0.29, 0.717) is 11.4 Å². The van der Waals surface area contributed by atoms with Crippen LogP contribution in [0.15, 0.2) is 48.7 Å². The van der Waals surface area contributed by atoms with Crippen LogP contribution >= 0.6 is 11.6 Å². The van der Waals surface area contributed by atoms with Gasteiger partial charge < -0.3 is 10.6 Å². The molecule has 3 N–H and O–H groups in total. The summed E-state index contributed by atoms with van der Waals surface area (Å²) >= 11 is 6.18. The topological polar surface area (TPSA) is 113 Å². The lowest BCUT2D eigenvalue weighted by Gasteiger charge is -2.14. The number of nitrogens with zero attached hydrogens (tertiary/aromatic N) is 2. The van der Waals surface area contributed by atoms with Gasteiger partial charge in [0.25, 0.3) is 0 Å². The number of para-hydroxylation sites is 2. The molecule has 0 amide bonds. The van der Waals surface area contributed by atoms with Crippen molar-refractivity contribution in [2.75, 3.05) is 21.6 Å². The number of carbonyl (C=O) groups is 1. The van der Waals surface area contributed by atoms with Gasteiger partial charge in [0.05, 0.1) is 35.1 Å². The summed E-state index contributed by atoms with van der Waals surface area (Å²) in [4.78, 5) is 20.2. The quantitative estimate of drug-likeness (QED) is 0.414. The highest BCUT2D eigenvalue weighted by atomic mass is 35.5. The largest absolute Gasteiger partial charge is 0.337 e. The van der Waals surface area contributed by atoms with E-state index in [1.165, 1.54) is 18.3 Å². The molecule has 0 bridgehead atoms. The summed E-state index contributed by atoms with van der Waals surface area (Å²) < 4.78 is 40.3. The third-order valence-corrected chi connectivity index (χ3v) is 4.95. The lowest BCUT2D eigenvalue weighted by atomic mass is 10.1. The first-order chi connectivity index (χ1) is 14.7. The maximum Gasteiger partial charge on any atom is 0.229 e. The van der Waals surface area contributed by atoms with E-state index in [1.54, 1.807) is 37.3 Å². The van der Waals surface area contributed by atoms with Crippen molar-refractivity contribution in [3.05, 3.63) is 65.1 Å². The summed E-state index contributed by atoms with van der Waals surface area (Å²) in [7, 11) is -3.51.